The van der Waals surface area contributed by atoms with Crippen molar-refractivity contribution in [2.45, 2.75) is 6.92 Å². The lowest BCUT2D eigenvalue weighted by atomic mass is 10.2. The van der Waals surface area contributed by atoms with E-state index in [1.54, 1.807) is 18.4 Å². The predicted octanol–water partition coefficient (Wildman–Crippen LogP) is 4.03. The fourth-order valence-electron chi connectivity index (χ4n) is 3.27. The van der Waals surface area contributed by atoms with Gasteiger partial charge in [-0.15, -0.1) is 0 Å². The lowest BCUT2D eigenvalue weighted by molar-refractivity contribution is 0.344. The molecule has 1 saturated heterocycles. The van der Waals surface area contributed by atoms with Crippen molar-refractivity contribution in [2.24, 2.45) is 0 Å². The molecule has 0 unspecified atom stereocenters. The maximum atomic E-state index is 5.72. The van der Waals surface area contributed by atoms with Gasteiger partial charge in [-0.1, -0.05) is 17.4 Å². The Balaban J connectivity index is 1.47. The first kappa shape index (κ1) is 17.0. The fourth-order valence-corrected chi connectivity index (χ4v) is 4.30. The molecule has 1 aliphatic rings. The molecule has 0 saturated carbocycles. The van der Waals surface area contributed by atoms with Gasteiger partial charge in [-0.2, -0.15) is 0 Å². The van der Waals surface area contributed by atoms with Crippen LogP contribution in [0.4, 0.5) is 10.8 Å². The van der Waals surface area contributed by atoms with Crippen LogP contribution in [0.1, 0.15) is 6.92 Å². The van der Waals surface area contributed by atoms with E-state index in [1.165, 1.54) is 10.4 Å². The zero-order valence-corrected chi connectivity index (χ0v) is 16.0. The Bertz CT molecular complexity index is 870. The summed E-state index contributed by atoms with van der Waals surface area (Å²) >= 11 is 1.75. The number of hydrogen-bond acceptors (Lipinski definition) is 6. The van der Waals surface area contributed by atoms with Crippen LogP contribution < -0.4 is 19.3 Å². The molecule has 0 radical (unpaired) electrons. The first-order valence-electron chi connectivity index (χ1n) is 8.95. The summed E-state index contributed by atoms with van der Waals surface area (Å²) in [5.74, 6) is 1.77. The summed E-state index contributed by atoms with van der Waals surface area (Å²) in [5, 5.41) is 1.08. The normalized spacial score (nSPS) is 14.7. The van der Waals surface area contributed by atoms with Gasteiger partial charge in [0, 0.05) is 31.9 Å². The monoisotopic (exact) mass is 369 g/mol. The lowest BCUT2D eigenvalue weighted by Crippen LogP contribution is -2.46. The number of piperazine rings is 1. The van der Waals surface area contributed by atoms with Crippen LogP contribution in [0.2, 0.25) is 0 Å². The Hall–Kier alpha value is -2.47. The summed E-state index contributed by atoms with van der Waals surface area (Å²) < 4.78 is 12.1. The van der Waals surface area contributed by atoms with Gasteiger partial charge in [0.2, 0.25) is 0 Å². The van der Waals surface area contributed by atoms with Gasteiger partial charge in [0.05, 0.1) is 18.4 Å². The second kappa shape index (κ2) is 7.41. The van der Waals surface area contributed by atoms with Gasteiger partial charge in [-0.05, 0) is 43.3 Å². The summed E-state index contributed by atoms with van der Waals surface area (Å²) in [5.41, 5.74) is 2.22. The Morgan fingerprint density at radius 1 is 1.00 bits per heavy atom. The van der Waals surface area contributed by atoms with E-state index in [1.807, 2.05) is 31.2 Å². The van der Waals surface area contributed by atoms with Crippen molar-refractivity contribution in [3.05, 3.63) is 42.5 Å². The first-order valence-corrected chi connectivity index (χ1v) is 9.76. The Morgan fingerprint density at radius 3 is 2.42 bits per heavy atom. The molecule has 136 valence electrons. The van der Waals surface area contributed by atoms with Crippen LogP contribution in [0.15, 0.2) is 42.5 Å². The molecule has 2 aromatic carbocycles. The van der Waals surface area contributed by atoms with Crippen molar-refractivity contribution in [2.75, 3.05) is 49.7 Å². The molecule has 1 fully saturated rings. The third-order valence-corrected chi connectivity index (χ3v) is 5.74. The molecule has 1 aromatic heterocycles. The summed E-state index contributed by atoms with van der Waals surface area (Å²) in [6, 6.07) is 14.4. The number of thiazole rings is 1. The summed E-state index contributed by atoms with van der Waals surface area (Å²) in [6.07, 6.45) is 0. The smallest absolute Gasteiger partial charge is 0.186 e. The quantitative estimate of drug-likeness (QED) is 0.679. The van der Waals surface area contributed by atoms with E-state index in [-0.39, 0.29) is 0 Å². The fraction of sp³-hybridized carbons (Fsp3) is 0.350. The highest BCUT2D eigenvalue weighted by Gasteiger charge is 2.21. The number of fused-ring (bicyclic) bond motifs is 1. The summed E-state index contributed by atoms with van der Waals surface area (Å²) in [6.45, 7) is 6.57. The lowest BCUT2D eigenvalue weighted by Gasteiger charge is -2.36. The number of hydrogen-bond donors (Lipinski definition) is 0. The minimum absolute atomic E-state index is 0.659. The zero-order chi connectivity index (χ0) is 17.9. The van der Waals surface area contributed by atoms with E-state index in [9.17, 15) is 0 Å². The van der Waals surface area contributed by atoms with Crippen LogP contribution in [-0.4, -0.2) is 44.9 Å². The molecule has 0 amide bonds. The van der Waals surface area contributed by atoms with Crippen molar-refractivity contribution < 1.29 is 9.47 Å². The van der Waals surface area contributed by atoms with E-state index in [2.05, 4.69) is 28.0 Å². The highest BCUT2D eigenvalue weighted by molar-refractivity contribution is 7.22. The molecular weight excluding hydrogens is 346 g/mol. The first-order chi connectivity index (χ1) is 12.8. The Kier molecular flexibility index (Phi) is 4.84. The van der Waals surface area contributed by atoms with Gasteiger partial charge < -0.3 is 19.3 Å². The second-order valence-corrected chi connectivity index (χ2v) is 7.21. The number of aromatic nitrogens is 1. The maximum Gasteiger partial charge on any atom is 0.186 e. The van der Waals surface area contributed by atoms with E-state index < -0.39 is 0 Å². The third kappa shape index (κ3) is 3.29. The molecule has 0 spiro atoms. The van der Waals surface area contributed by atoms with Crippen LogP contribution in [0.3, 0.4) is 0 Å². The highest BCUT2D eigenvalue weighted by Crippen LogP contribution is 2.34. The number of benzene rings is 2. The number of nitrogens with zero attached hydrogens (tertiary/aromatic N) is 3. The van der Waals surface area contributed by atoms with E-state index >= 15 is 0 Å². The molecule has 3 aromatic rings. The van der Waals surface area contributed by atoms with Crippen molar-refractivity contribution in [3.8, 4) is 11.5 Å². The molecule has 0 aliphatic carbocycles. The van der Waals surface area contributed by atoms with E-state index in [0.29, 0.717) is 6.61 Å². The predicted molar refractivity (Wildman–Crippen MR) is 108 cm³/mol. The number of rotatable bonds is 5. The van der Waals surface area contributed by atoms with E-state index in [4.69, 9.17) is 14.5 Å². The van der Waals surface area contributed by atoms with Crippen molar-refractivity contribution in [1.82, 2.24) is 4.98 Å². The topological polar surface area (TPSA) is 37.8 Å². The van der Waals surface area contributed by atoms with Crippen molar-refractivity contribution >= 4 is 32.4 Å². The molecule has 0 atom stereocenters. The largest absolute Gasteiger partial charge is 0.497 e. The van der Waals surface area contributed by atoms with Crippen LogP contribution in [0, 0.1) is 0 Å². The van der Waals surface area contributed by atoms with Gasteiger partial charge in [0.15, 0.2) is 5.13 Å². The molecule has 0 N–H and O–H groups in total. The molecule has 26 heavy (non-hydrogen) atoms. The van der Waals surface area contributed by atoms with Gasteiger partial charge >= 0.3 is 0 Å². The second-order valence-electron chi connectivity index (χ2n) is 6.20. The summed E-state index contributed by atoms with van der Waals surface area (Å²) in [4.78, 5) is 9.65. The Morgan fingerprint density at radius 2 is 1.73 bits per heavy atom. The van der Waals surface area contributed by atoms with Crippen molar-refractivity contribution in [3.63, 3.8) is 0 Å². The molecule has 0 bridgehead atoms. The average Bonchev–Trinajstić information content (AvgIpc) is 3.14. The SMILES string of the molecule is CCOc1cccc2sc(N3CCN(c4ccc(OC)cc4)CC3)nc12. The molecule has 2 heterocycles. The molecule has 4 rings (SSSR count). The third-order valence-electron chi connectivity index (χ3n) is 4.66. The average molecular weight is 369 g/mol. The minimum Gasteiger partial charge on any atom is -0.497 e. The van der Waals surface area contributed by atoms with Gasteiger partial charge in [0.25, 0.3) is 0 Å². The molecule has 1 aliphatic heterocycles. The maximum absolute atomic E-state index is 5.72. The van der Waals surface area contributed by atoms with E-state index in [0.717, 1.165) is 48.3 Å². The van der Waals surface area contributed by atoms with Crippen LogP contribution in [0.25, 0.3) is 10.2 Å². The number of ether oxygens (including phenoxy) is 2. The molecule has 6 heteroatoms. The summed E-state index contributed by atoms with van der Waals surface area (Å²) in [7, 11) is 1.70. The van der Waals surface area contributed by atoms with Crippen LogP contribution in [0.5, 0.6) is 11.5 Å². The molecular formula is C20H23N3O2S. The Labute approximate surface area is 157 Å². The zero-order valence-electron chi connectivity index (χ0n) is 15.1. The number of methoxy groups -OCH3 is 1. The number of anilines is 2. The minimum atomic E-state index is 0.659. The van der Waals surface area contributed by atoms with Gasteiger partial charge in [-0.3, -0.25) is 0 Å². The highest BCUT2D eigenvalue weighted by atomic mass is 32.1. The van der Waals surface area contributed by atoms with Crippen LogP contribution in [-0.2, 0) is 0 Å². The standard InChI is InChI=1S/C20H23N3O2S/c1-3-25-17-5-4-6-18-19(17)21-20(26-18)23-13-11-22(12-14-23)15-7-9-16(24-2)10-8-15/h4-10H,3,11-14H2,1-2H3. The van der Waals surface area contributed by atoms with Crippen molar-refractivity contribution in [1.29, 1.82) is 0 Å². The van der Waals surface area contributed by atoms with Crippen LogP contribution >= 0.6 is 11.3 Å². The number of para-hydroxylation sites is 1. The van der Waals surface area contributed by atoms with Gasteiger partial charge in [-0.25, -0.2) is 4.98 Å². The van der Waals surface area contributed by atoms with Gasteiger partial charge in [0.1, 0.15) is 17.0 Å². The molecule has 5 nitrogen and oxygen atoms in total.